The molecule has 0 aromatic rings. The van der Waals surface area contributed by atoms with Crippen molar-refractivity contribution in [3.8, 4) is 0 Å². The van der Waals surface area contributed by atoms with E-state index in [9.17, 15) is 14.7 Å². The zero-order valence-corrected chi connectivity index (χ0v) is 20.6. The van der Waals surface area contributed by atoms with Crippen molar-refractivity contribution >= 4 is 11.8 Å². The molecule has 2 aliphatic carbocycles. The van der Waals surface area contributed by atoms with Crippen LogP contribution in [-0.4, -0.2) is 57.8 Å². The summed E-state index contributed by atoms with van der Waals surface area (Å²) in [4.78, 5) is 26.4. The van der Waals surface area contributed by atoms with Crippen molar-refractivity contribution in [3.05, 3.63) is 12.7 Å². The zero-order valence-electron chi connectivity index (χ0n) is 20.6. The molecule has 0 radical (unpaired) electrons. The van der Waals surface area contributed by atoms with E-state index < -0.39 is 52.1 Å². The van der Waals surface area contributed by atoms with Gasteiger partial charge in [0.1, 0.15) is 17.8 Å². The minimum absolute atomic E-state index is 0.0720. The van der Waals surface area contributed by atoms with Crippen LogP contribution in [-0.2, 0) is 28.5 Å². The molecule has 4 rings (SSSR count). The number of aliphatic hydroxyl groups excluding tert-OH is 1. The van der Waals surface area contributed by atoms with Crippen molar-refractivity contribution in [2.45, 2.75) is 116 Å². The van der Waals surface area contributed by atoms with Gasteiger partial charge < -0.3 is 24.1 Å². The summed E-state index contributed by atoms with van der Waals surface area (Å²) in [5, 5.41) is 11.9. The van der Waals surface area contributed by atoms with Crippen LogP contribution in [0.1, 0.15) is 74.7 Å². The second-order valence-electron chi connectivity index (χ2n) is 11.9. The van der Waals surface area contributed by atoms with Gasteiger partial charge in [-0.15, -0.1) is 6.58 Å². The topological polar surface area (TPSA) is 91.3 Å². The molecule has 2 saturated carbocycles. The summed E-state index contributed by atoms with van der Waals surface area (Å²) in [5.74, 6) is -2.08. The number of hydrogen-bond acceptors (Lipinski definition) is 7. The predicted molar refractivity (Wildman–Crippen MR) is 117 cm³/mol. The second-order valence-corrected chi connectivity index (χ2v) is 11.9. The smallest absolute Gasteiger partial charge is 0.303 e. The van der Waals surface area contributed by atoms with Crippen molar-refractivity contribution in [1.82, 2.24) is 0 Å². The third-order valence-electron chi connectivity index (χ3n) is 8.78. The average Bonchev–Trinajstić information content (AvgIpc) is 2.63. The lowest BCUT2D eigenvalue weighted by molar-refractivity contribution is -0.463. The summed E-state index contributed by atoms with van der Waals surface area (Å²) in [6.07, 6.45) is 0.668. The van der Waals surface area contributed by atoms with Crippen LogP contribution in [0.4, 0.5) is 0 Å². The molecule has 0 amide bonds. The van der Waals surface area contributed by atoms with Crippen LogP contribution in [0.15, 0.2) is 12.7 Å². The van der Waals surface area contributed by atoms with Crippen LogP contribution in [0.25, 0.3) is 0 Å². The Hall–Kier alpha value is -1.28. The van der Waals surface area contributed by atoms with Gasteiger partial charge in [0, 0.05) is 24.7 Å². The number of carbonyl (C=O) groups excluding carboxylic acids is 2. The molecule has 1 N–H and O–H groups in total. The highest BCUT2D eigenvalue weighted by atomic mass is 16.7. The first kappa shape index (κ1) is 23.9. The molecule has 1 spiro atoms. The molecule has 8 atom stereocenters. The van der Waals surface area contributed by atoms with E-state index in [0.717, 1.165) is 12.8 Å². The number of Topliss-reactive ketones (excluding diaryl/α,β-unsaturated/α-hetero) is 1. The summed E-state index contributed by atoms with van der Waals surface area (Å²) >= 11 is 0. The standard InChI is InChI=1S/C25H38O7/c1-10-22(7)13-15(27)25-23(8)16(30-21(5,6)31-25)11-12-20(3,4)18(23)17(29-14(2)26)19(28)24(25,9)32-22/h10,16-19,28H,1,11-13H2,2-9H3/t16-,17-,18+,19-,22-,23-,24+,25-/m0/s1. The van der Waals surface area contributed by atoms with Crippen molar-refractivity contribution < 1.29 is 33.6 Å². The Morgan fingerprint density at radius 1 is 1.16 bits per heavy atom. The Kier molecular flexibility index (Phi) is 4.96. The van der Waals surface area contributed by atoms with E-state index in [1.807, 2.05) is 6.92 Å². The largest absolute Gasteiger partial charge is 0.459 e. The van der Waals surface area contributed by atoms with Crippen LogP contribution in [0.5, 0.6) is 0 Å². The molecule has 0 aromatic carbocycles. The number of aliphatic hydroxyl groups is 1. The Balaban J connectivity index is 2.05. The first-order chi connectivity index (χ1) is 14.5. The number of carbonyl (C=O) groups is 2. The third kappa shape index (κ3) is 2.74. The quantitative estimate of drug-likeness (QED) is 0.510. The Bertz CT molecular complexity index is 864. The van der Waals surface area contributed by atoms with E-state index in [-0.39, 0.29) is 23.7 Å². The van der Waals surface area contributed by atoms with E-state index in [2.05, 4.69) is 20.4 Å². The lowest BCUT2D eigenvalue weighted by atomic mass is 9.39. The van der Waals surface area contributed by atoms with Gasteiger partial charge in [0.25, 0.3) is 0 Å². The molecule has 0 unspecified atom stereocenters. The lowest BCUT2D eigenvalue weighted by Crippen LogP contribution is -2.90. The Morgan fingerprint density at radius 2 is 1.78 bits per heavy atom. The minimum Gasteiger partial charge on any atom is -0.459 e. The maximum atomic E-state index is 14.2. The molecular formula is C25H38O7. The fraction of sp³-hybridized carbons (Fsp3) is 0.840. The average molecular weight is 451 g/mol. The lowest BCUT2D eigenvalue weighted by Gasteiger charge is -2.75. The zero-order chi connectivity index (χ0) is 24.1. The predicted octanol–water partition coefficient (Wildman–Crippen LogP) is 3.32. The fourth-order valence-corrected chi connectivity index (χ4v) is 7.74. The summed E-state index contributed by atoms with van der Waals surface area (Å²) in [6, 6.07) is 0. The van der Waals surface area contributed by atoms with Gasteiger partial charge >= 0.3 is 5.97 Å². The molecule has 4 fully saturated rings. The highest BCUT2D eigenvalue weighted by Crippen LogP contribution is 2.71. The van der Waals surface area contributed by atoms with Gasteiger partial charge in [-0.2, -0.15) is 0 Å². The van der Waals surface area contributed by atoms with E-state index >= 15 is 0 Å². The number of rotatable bonds is 2. The van der Waals surface area contributed by atoms with E-state index in [1.54, 1.807) is 33.8 Å². The van der Waals surface area contributed by atoms with Crippen molar-refractivity contribution in [3.63, 3.8) is 0 Å². The second kappa shape index (κ2) is 6.65. The summed E-state index contributed by atoms with van der Waals surface area (Å²) in [5.41, 5.74) is -5.24. The van der Waals surface area contributed by atoms with Crippen molar-refractivity contribution in [1.29, 1.82) is 0 Å². The van der Waals surface area contributed by atoms with E-state index in [1.165, 1.54) is 6.92 Å². The highest BCUT2D eigenvalue weighted by Gasteiger charge is 2.84. The highest BCUT2D eigenvalue weighted by molar-refractivity contribution is 5.93. The minimum atomic E-state index is -1.50. The SMILES string of the molecule is C=C[C@@]1(C)CC(=O)[C@@]23OC(C)(C)O[C@H]4CCC(C)(C)[C@@H]([C@H](OC(C)=O)[C@H](O)[C@@]2(C)O1)[C@]43C. The van der Waals surface area contributed by atoms with Crippen LogP contribution in [0.3, 0.4) is 0 Å². The van der Waals surface area contributed by atoms with Gasteiger partial charge in [-0.05, 0) is 46.0 Å². The number of ether oxygens (including phenoxy) is 4. The normalized spacial score (nSPS) is 51.2. The van der Waals surface area contributed by atoms with Crippen LogP contribution < -0.4 is 0 Å². The Labute approximate surface area is 190 Å². The number of hydrogen-bond donors (Lipinski definition) is 1. The van der Waals surface area contributed by atoms with Crippen molar-refractivity contribution in [2.24, 2.45) is 16.7 Å². The monoisotopic (exact) mass is 450 g/mol. The van der Waals surface area contributed by atoms with Gasteiger partial charge in [-0.1, -0.05) is 26.8 Å². The first-order valence-corrected chi connectivity index (χ1v) is 11.6. The summed E-state index contributed by atoms with van der Waals surface area (Å²) < 4.78 is 25.5. The van der Waals surface area contributed by atoms with Crippen LogP contribution in [0.2, 0.25) is 0 Å². The van der Waals surface area contributed by atoms with Crippen molar-refractivity contribution in [2.75, 3.05) is 0 Å². The molecule has 2 heterocycles. The summed E-state index contributed by atoms with van der Waals surface area (Å²) in [7, 11) is 0. The van der Waals surface area contributed by atoms with Gasteiger partial charge in [0.05, 0.1) is 11.7 Å². The van der Waals surface area contributed by atoms with Crippen LogP contribution in [0, 0.1) is 16.7 Å². The maximum Gasteiger partial charge on any atom is 0.303 e. The van der Waals surface area contributed by atoms with E-state index in [0.29, 0.717) is 0 Å². The molecule has 32 heavy (non-hydrogen) atoms. The number of ketones is 1. The fourth-order valence-electron chi connectivity index (χ4n) is 7.74. The Morgan fingerprint density at radius 3 is 2.34 bits per heavy atom. The maximum absolute atomic E-state index is 14.2. The molecule has 2 saturated heterocycles. The molecule has 2 aliphatic heterocycles. The molecule has 7 heteroatoms. The van der Waals surface area contributed by atoms with Gasteiger partial charge in [-0.3, -0.25) is 9.59 Å². The third-order valence-corrected chi connectivity index (χ3v) is 8.78. The first-order valence-electron chi connectivity index (χ1n) is 11.6. The molecule has 7 nitrogen and oxygen atoms in total. The molecule has 0 aromatic heterocycles. The molecule has 0 bridgehead atoms. The summed E-state index contributed by atoms with van der Waals surface area (Å²) in [6.45, 7) is 18.5. The van der Waals surface area contributed by atoms with E-state index in [4.69, 9.17) is 18.9 Å². The molecule has 180 valence electrons. The van der Waals surface area contributed by atoms with Gasteiger partial charge in [0.2, 0.25) is 0 Å². The molecular weight excluding hydrogens is 412 g/mol. The molecule has 4 aliphatic rings. The van der Waals surface area contributed by atoms with Crippen LogP contribution >= 0.6 is 0 Å². The van der Waals surface area contributed by atoms with Gasteiger partial charge in [-0.25, -0.2) is 0 Å². The van der Waals surface area contributed by atoms with Gasteiger partial charge in [0.15, 0.2) is 17.2 Å². The number of esters is 1.